The van der Waals surface area contributed by atoms with Crippen LogP contribution in [0.5, 0.6) is 0 Å². The zero-order chi connectivity index (χ0) is 14.2. The molecule has 0 saturated carbocycles. The third kappa shape index (κ3) is 3.06. The molecule has 0 aliphatic carbocycles. The molecule has 2 heterocycles. The van der Waals surface area contributed by atoms with Crippen LogP contribution in [-0.2, 0) is 23.7 Å². The number of amides is 1. The van der Waals surface area contributed by atoms with Crippen LogP contribution in [-0.4, -0.2) is 61.2 Å². The summed E-state index contributed by atoms with van der Waals surface area (Å²) in [6.45, 7) is 5.22. The van der Waals surface area contributed by atoms with Crippen molar-refractivity contribution in [1.29, 1.82) is 0 Å². The Hall–Kier alpha value is -0.730. The first kappa shape index (κ1) is 14.7. The van der Waals surface area contributed by atoms with Gasteiger partial charge in [0.15, 0.2) is 12.1 Å². The Balaban J connectivity index is 2.15. The molecule has 0 spiro atoms. The molecule has 0 bridgehead atoms. The molecule has 2 rings (SSSR count). The van der Waals surface area contributed by atoms with Crippen LogP contribution >= 0.6 is 0 Å². The highest BCUT2D eigenvalue weighted by Crippen LogP contribution is 2.32. The number of methoxy groups -OCH3 is 1. The fraction of sp³-hybridized carbons (Fsp3) is 0.917. The summed E-state index contributed by atoms with van der Waals surface area (Å²) < 4.78 is 22.0. The van der Waals surface area contributed by atoms with E-state index in [2.05, 4.69) is 5.32 Å². The topological polar surface area (TPSA) is 86.2 Å². The number of rotatable bonds is 2. The fourth-order valence-electron chi connectivity index (χ4n) is 2.43. The van der Waals surface area contributed by atoms with Crippen molar-refractivity contribution in [3.05, 3.63) is 0 Å². The molecular weight excluding hydrogens is 254 g/mol. The van der Waals surface area contributed by atoms with Crippen molar-refractivity contribution < 1.29 is 28.8 Å². The highest BCUT2D eigenvalue weighted by atomic mass is 16.8. The Labute approximate surface area is 112 Å². The van der Waals surface area contributed by atoms with E-state index in [0.717, 1.165) is 0 Å². The number of fused-ring (bicyclic) bond motifs is 1. The van der Waals surface area contributed by atoms with Gasteiger partial charge in [-0.3, -0.25) is 4.79 Å². The van der Waals surface area contributed by atoms with Crippen molar-refractivity contribution in [2.45, 2.75) is 57.2 Å². The lowest BCUT2D eigenvalue weighted by Gasteiger charge is -2.49. The molecule has 2 N–H and O–H groups in total. The second kappa shape index (κ2) is 5.34. The molecule has 0 aromatic heterocycles. The number of carbonyl (C=O) groups is 1. The number of hydrogen-bond acceptors (Lipinski definition) is 6. The Morgan fingerprint density at radius 2 is 2.16 bits per heavy atom. The first-order valence-electron chi connectivity index (χ1n) is 6.29. The van der Waals surface area contributed by atoms with Gasteiger partial charge < -0.3 is 29.4 Å². The molecule has 7 heteroatoms. The summed E-state index contributed by atoms with van der Waals surface area (Å²) in [7, 11) is 1.46. The third-order valence-corrected chi connectivity index (χ3v) is 3.29. The zero-order valence-electron chi connectivity index (χ0n) is 11.6. The SMILES string of the molecule is CO[C@@H]1OC2COC(C)(C)O[C@H]2C(O)C1NC(C)=O. The molecule has 0 radical (unpaired) electrons. The van der Waals surface area contributed by atoms with Crippen molar-refractivity contribution >= 4 is 5.91 Å². The standard InChI is InChI=1S/C12H21NO6/c1-6(14)13-8-9(15)10-7(18-11(8)16-4)5-17-12(2,3)19-10/h7-11,15H,5H2,1-4H3,(H,13,14)/t7?,8?,9?,10-,11-/m1/s1. The predicted octanol–water partition coefficient (Wildman–Crippen LogP) is -0.625. The van der Waals surface area contributed by atoms with E-state index < -0.39 is 36.4 Å². The van der Waals surface area contributed by atoms with Gasteiger partial charge >= 0.3 is 0 Å². The van der Waals surface area contributed by atoms with Gasteiger partial charge in [-0.1, -0.05) is 0 Å². The van der Waals surface area contributed by atoms with Gasteiger partial charge in [0.05, 0.1) is 6.61 Å². The van der Waals surface area contributed by atoms with Crippen LogP contribution in [0.4, 0.5) is 0 Å². The van der Waals surface area contributed by atoms with Gasteiger partial charge in [-0.2, -0.15) is 0 Å². The zero-order valence-corrected chi connectivity index (χ0v) is 11.6. The molecular formula is C12H21NO6. The quantitative estimate of drug-likeness (QED) is 0.698. The molecule has 19 heavy (non-hydrogen) atoms. The van der Waals surface area contributed by atoms with E-state index in [-0.39, 0.29) is 5.91 Å². The molecule has 3 unspecified atom stereocenters. The minimum absolute atomic E-state index is 0.264. The average Bonchev–Trinajstić information content (AvgIpc) is 2.32. The average molecular weight is 275 g/mol. The van der Waals surface area contributed by atoms with Crippen LogP contribution in [0.15, 0.2) is 0 Å². The molecule has 1 amide bonds. The van der Waals surface area contributed by atoms with Gasteiger partial charge in [0.2, 0.25) is 5.91 Å². The van der Waals surface area contributed by atoms with E-state index in [1.54, 1.807) is 13.8 Å². The van der Waals surface area contributed by atoms with Gasteiger partial charge in [0.25, 0.3) is 0 Å². The van der Waals surface area contributed by atoms with E-state index in [0.29, 0.717) is 6.61 Å². The summed E-state index contributed by atoms with van der Waals surface area (Å²) >= 11 is 0. The highest BCUT2D eigenvalue weighted by Gasteiger charge is 2.51. The van der Waals surface area contributed by atoms with E-state index in [4.69, 9.17) is 18.9 Å². The number of aliphatic hydroxyl groups is 1. The van der Waals surface area contributed by atoms with E-state index >= 15 is 0 Å². The molecule has 2 aliphatic rings. The van der Waals surface area contributed by atoms with Crippen molar-refractivity contribution in [2.24, 2.45) is 0 Å². The number of aliphatic hydroxyl groups excluding tert-OH is 1. The minimum atomic E-state index is -0.921. The Bertz CT molecular complexity index is 347. The first-order chi connectivity index (χ1) is 8.84. The summed E-state index contributed by atoms with van der Waals surface area (Å²) in [5, 5.41) is 13.0. The molecule has 0 aromatic rings. The molecule has 0 aromatic carbocycles. The number of ether oxygens (including phenoxy) is 4. The number of carbonyl (C=O) groups excluding carboxylic acids is 1. The molecule has 2 saturated heterocycles. The van der Waals surface area contributed by atoms with E-state index in [1.807, 2.05) is 0 Å². The van der Waals surface area contributed by atoms with Crippen LogP contribution in [0.2, 0.25) is 0 Å². The first-order valence-corrected chi connectivity index (χ1v) is 6.29. The molecule has 7 nitrogen and oxygen atoms in total. The Morgan fingerprint density at radius 3 is 2.74 bits per heavy atom. The monoisotopic (exact) mass is 275 g/mol. The van der Waals surface area contributed by atoms with Crippen LogP contribution in [0.1, 0.15) is 20.8 Å². The summed E-state index contributed by atoms with van der Waals surface area (Å²) in [6, 6.07) is -0.669. The second-order valence-corrected chi connectivity index (χ2v) is 5.29. The van der Waals surface area contributed by atoms with Gasteiger partial charge in [-0.25, -0.2) is 0 Å². The fourth-order valence-corrected chi connectivity index (χ4v) is 2.43. The number of hydrogen-bond donors (Lipinski definition) is 2. The van der Waals surface area contributed by atoms with Crippen molar-refractivity contribution in [3.8, 4) is 0 Å². The largest absolute Gasteiger partial charge is 0.388 e. The molecule has 2 fully saturated rings. The van der Waals surface area contributed by atoms with Gasteiger partial charge in [0.1, 0.15) is 24.4 Å². The minimum Gasteiger partial charge on any atom is -0.388 e. The molecule has 110 valence electrons. The number of nitrogens with one attached hydrogen (secondary N) is 1. The Kier molecular flexibility index (Phi) is 4.12. The molecule has 2 aliphatic heterocycles. The van der Waals surface area contributed by atoms with Crippen molar-refractivity contribution in [1.82, 2.24) is 5.32 Å². The molecule has 5 atom stereocenters. The summed E-state index contributed by atoms with van der Waals surface area (Å²) in [5.74, 6) is -1.05. The predicted molar refractivity (Wildman–Crippen MR) is 64.2 cm³/mol. The lowest BCUT2D eigenvalue weighted by molar-refractivity contribution is -0.366. The highest BCUT2D eigenvalue weighted by molar-refractivity contribution is 5.73. The maximum atomic E-state index is 11.2. The maximum Gasteiger partial charge on any atom is 0.217 e. The smallest absolute Gasteiger partial charge is 0.217 e. The summed E-state index contributed by atoms with van der Waals surface area (Å²) in [5.41, 5.74) is 0. The third-order valence-electron chi connectivity index (χ3n) is 3.29. The van der Waals surface area contributed by atoms with Crippen LogP contribution in [0, 0.1) is 0 Å². The van der Waals surface area contributed by atoms with Gasteiger partial charge in [-0.15, -0.1) is 0 Å². The van der Waals surface area contributed by atoms with E-state index in [1.165, 1.54) is 14.0 Å². The normalized spacial score (nSPS) is 41.4. The van der Waals surface area contributed by atoms with Crippen LogP contribution in [0.3, 0.4) is 0 Å². The van der Waals surface area contributed by atoms with Crippen molar-refractivity contribution in [2.75, 3.05) is 13.7 Å². The van der Waals surface area contributed by atoms with Gasteiger partial charge in [-0.05, 0) is 13.8 Å². The van der Waals surface area contributed by atoms with Crippen LogP contribution in [0.25, 0.3) is 0 Å². The van der Waals surface area contributed by atoms with Crippen molar-refractivity contribution in [3.63, 3.8) is 0 Å². The van der Waals surface area contributed by atoms with E-state index in [9.17, 15) is 9.90 Å². The lowest BCUT2D eigenvalue weighted by atomic mass is 9.95. The maximum absolute atomic E-state index is 11.2. The second-order valence-electron chi connectivity index (χ2n) is 5.29. The lowest BCUT2D eigenvalue weighted by Crippen LogP contribution is -2.68. The van der Waals surface area contributed by atoms with Gasteiger partial charge in [0, 0.05) is 14.0 Å². The van der Waals surface area contributed by atoms with Crippen LogP contribution < -0.4 is 5.32 Å². The summed E-state index contributed by atoms with van der Waals surface area (Å²) in [6.07, 6.45) is -2.63. The Morgan fingerprint density at radius 1 is 1.47 bits per heavy atom. The summed E-state index contributed by atoms with van der Waals surface area (Å²) in [4.78, 5) is 11.2.